The molecule has 0 saturated heterocycles. The van der Waals surface area contributed by atoms with E-state index in [2.05, 4.69) is 5.32 Å². The lowest BCUT2D eigenvalue weighted by atomic mass is 10.0. The number of halogens is 2. The summed E-state index contributed by atoms with van der Waals surface area (Å²) in [5.74, 6) is -3.49. The van der Waals surface area contributed by atoms with E-state index in [1.807, 2.05) is 13.8 Å². The van der Waals surface area contributed by atoms with Crippen LogP contribution >= 0.6 is 0 Å². The Bertz CT molecular complexity index is 962. The van der Waals surface area contributed by atoms with E-state index in [0.29, 0.717) is 0 Å². The molecule has 1 aliphatic heterocycles. The average Bonchev–Trinajstić information content (AvgIpc) is 2.90. The van der Waals surface area contributed by atoms with E-state index >= 15 is 0 Å². The number of anilines is 2. The first kappa shape index (κ1) is 21.4. The summed E-state index contributed by atoms with van der Waals surface area (Å²) in [5, 5.41) is 2.46. The Kier molecular flexibility index (Phi) is 5.87. The predicted molar refractivity (Wildman–Crippen MR) is 109 cm³/mol. The molecule has 30 heavy (non-hydrogen) atoms. The van der Waals surface area contributed by atoms with Crippen LogP contribution in [-0.2, 0) is 4.79 Å². The minimum absolute atomic E-state index is 0.0188. The maximum atomic E-state index is 14.3. The molecule has 0 bridgehead atoms. The average molecular weight is 415 g/mol. The van der Waals surface area contributed by atoms with Crippen LogP contribution in [0.1, 0.15) is 41.0 Å². The van der Waals surface area contributed by atoms with Crippen molar-refractivity contribution in [3.05, 3.63) is 59.2 Å². The van der Waals surface area contributed by atoms with Crippen LogP contribution in [0.5, 0.6) is 0 Å². The molecule has 0 spiro atoms. The third-order valence-electron chi connectivity index (χ3n) is 4.87. The summed E-state index contributed by atoms with van der Waals surface area (Å²) < 4.78 is 28.6. The minimum Gasteiger partial charge on any atom is -0.373 e. The van der Waals surface area contributed by atoms with Crippen molar-refractivity contribution in [3.63, 3.8) is 0 Å². The number of nitrogens with zero attached hydrogens (tertiary/aromatic N) is 2. The lowest BCUT2D eigenvalue weighted by molar-refractivity contribution is -0.120. The van der Waals surface area contributed by atoms with Crippen LogP contribution in [0.25, 0.3) is 0 Å². The van der Waals surface area contributed by atoms with E-state index in [1.165, 1.54) is 31.1 Å². The molecular formula is C22H23F2N3O3. The molecule has 6 nitrogen and oxygen atoms in total. The molecule has 0 aliphatic carbocycles. The molecular weight excluding hydrogens is 392 g/mol. The Morgan fingerprint density at radius 2 is 1.53 bits per heavy atom. The summed E-state index contributed by atoms with van der Waals surface area (Å²) in [6.07, 6.45) is 0.206. The topological polar surface area (TPSA) is 69.7 Å². The van der Waals surface area contributed by atoms with E-state index in [1.54, 1.807) is 12.1 Å². The molecule has 1 aliphatic rings. The number of nitrogens with one attached hydrogen (secondary N) is 1. The molecule has 3 rings (SSSR count). The fourth-order valence-corrected chi connectivity index (χ4v) is 3.56. The van der Waals surface area contributed by atoms with E-state index in [0.717, 1.165) is 17.0 Å². The number of amides is 3. The third-order valence-corrected chi connectivity index (χ3v) is 4.87. The zero-order valence-corrected chi connectivity index (χ0v) is 17.2. The third kappa shape index (κ3) is 3.90. The number of fused-ring (bicyclic) bond motifs is 1. The van der Waals surface area contributed by atoms with Gasteiger partial charge in [0.25, 0.3) is 11.8 Å². The van der Waals surface area contributed by atoms with Gasteiger partial charge in [0, 0.05) is 19.8 Å². The van der Waals surface area contributed by atoms with Gasteiger partial charge < -0.3 is 10.2 Å². The molecule has 1 heterocycles. The fourth-order valence-electron chi connectivity index (χ4n) is 3.56. The van der Waals surface area contributed by atoms with Gasteiger partial charge in [-0.15, -0.1) is 0 Å². The number of benzene rings is 2. The van der Waals surface area contributed by atoms with Gasteiger partial charge in [-0.25, -0.2) is 8.78 Å². The van der Waals surface area contributed by atoms with Gasteiger partial charge in [0.05, 0.1) is 11.1 Å². The van der Waals surface area contributed by atoms with Crippen LogP contribution in [0.3, 0.4) is 0 Å². The number of carbonyl (C=O) groups excluding carboxylic acids is 3. The Balaban J connectivity index is 1.91. The van der Waals surface area contributed by atoms with Crippen LogP contribution in [0.4, 0.5) is 20.2 Å². The molecule has 1 unspecified atom stereocenters. The summed E-state index contributed by atoms with van der Waals surface area (Å²) in [6.45, 7) is 3.70. The first-order valence-electron chi connectivity index (χ1n) is 9.56. The molecule has 8 heteroatoms. The number of hydrogen-bond acceptors (Lipinski definition) is 4. The smallest absolute Gasteiger partial charge is 0.262 e. The number of rotatable bonds is 6. The Morgan fingerprint density at radius 1 is 1.03 bits per heavy atom. The minimum atomic E-state index is -1.11. The summed E-state index contributed by atoms with van der Waals surface area (Å²) in [7, 11) is 3.00. The van der Waals surface area contributed by atoms with E-state index in [-0.39, 0.29) is 34.8 Å². The lowest BCUT2D eigenvalue weighted by Gasteiger charge is -2.27. The highest BCUT2D eigenvalue weighted by molar-refractivity contribution is 6.23. The van der Waals surface area contributed by atoms with E-state index in [4.69, 9.17) is 0 Å². The van der Waals surface area contributed by atoms with Gasteiger partial charge in [-0.1, -0.05) is 26.0 Å². The van der Waals surface area contributed by atoms with Crippen molar-refractivity contribution >= 4 is 29.1 Å². The van der Waals surface area contributed by atoms with Gasteiger partial charge in [-0.05, 0) is 36.6 Å². The van der Waals surface area contributed by atoms with Crippen molar-refractivity contribution in [1.82, 2.24) is 4.90 Å². The summed E-state index contributed by atoms with van der Waals surface area (Å²) in [6, 6.07) is 7.24. The second-order valence-corrected chi connectivity index (χ2v) is 7.84. The van der Waals surface area contributed by atoms with Gasteiger partial charge in [0.15, 0.2) is 11.6 Å². The highest BCUT2D eigenvalue weighted by atomic mass is 19.1. The van der Waals surface area contributed by atoms with Crippen molar-refractivity contribution in [3.8, 4) is 0 Å². The standard InChI is InChI=1S/C22H23F2N3O3/c1-12(2)9-18(27-21(29)14-7-5-6-8-15(14)22(27)30)20(28)25-13-10-16(23)19(26(3)4)17(24)11-13/h5-8,10-12,18H,9H2,1-4H3,(H,25,28). The Hall–Kier alpha value is -3.29. The zero-order chi connectivity index (χ0) is 22.2. The quantitative estimate of drug-likeness (QED) is 0.731. The summed E-state index contributed by atoms with van der Waals surface area (Å²) in [5.41, 5.74) is 0.144. The molecule has 0 fully saturated rings. The molecule has 0 saturated carbocycles. The molecule has 3 amide bonds. The van der Waals surface area contributed by atoms with Crippen LogP contribution in [0.2, 0.25) is 0 Å². The normalized spacial score (nSPS) is 14.2. The van der Waals surface area contributed by atoms with Crippen molar-refractivity contribution in [1.29, 1.82) is 0 Å². The molecule has 1 N–H and O–H groups in total. The maximum absolute atomic E-state index is 14.3. The fraction of sp³-hybridized carbons (Fsp3) is 0.318. The lowest BCUT2D eigenvalue weighted by Crippen LogP contribution is -2.48. The van der Waals surface area contributed by atoms with Crippen molar-refractivity contribution in [2.45, 2.75) is 26.3 Å². The van der Waals surface area contributed by atoms with Gasteiger partial charge in [0.1, 0.15) is 11.7 Å². The van der Waals surface area contributed by atoms with Gasteiger partial charge in [-0.3, -0.25) is 19.3 Å². The molecule has 2 aromatic carbocycles. The van der Waals surface area contributed by atoms with Crippen molar-refractivity contribution < 1.29 is 23.2 Å². The number of carbonyl (C=O) groups is 3. The van der Waals surface area contributed by atoms with Crippen LogP contribution in [0.15, 0.2) is 36.4 Å². The molecule has 158 valence electrons. The zero-order valence-electron chi connectivity index (χ0n) is 17.2. The van der Waals surface area contributed by atoms with Crippen LogP contribution in [0, 0.1) is 17.6 Å². The number of hydrogen-bond donors (Lipinski definition) is 1. The van der Waals surface area contributed by atoms with Gasteiger partial charge in [-0.2, -0.15) is 0 Å². The van der Waals surface area contributed by atoms with E-state index < -0.39 is 35.4 Å². The highest BCUT2D eigenvalue weighted by Crippen LogP contribution is 2.29. The summed E-state index contributed by atoms with van der Waals surface area (Å²) in [4.78, 5) is 40.9. The second-order valence-electron chi connectivity index (χ2n) is 7.84. The molecule has 2 aromatic rings. The van der Waals surface area contributed by atoms with Gasteiger partial charge in [0.2, 0.25) is 5.91 Å². The molecule has 0 aromatic heterocycles. The molecule has 0 radical (unpaired) electrons. The van der Waals surface area contributed by atoms with Crippen molar-refractivity contribution in [2.24, 2.45) is 5.92 Å². The molecule has 1 atom stereocenters. The second kappa shape index (κ2) is 8.22. The first-order valence-corrected chi connectivity index (χ1v) is 9.56. The van der Waals surface area contributed by atoms with Gasteiger partial charge >= 0.3 is 0 Å². The predicted octanol–water partition coefficient (Wildman–Crippen LogP) is 3.68. The maximum Gasteiger partial charge on any atom is 0.262 e. The van der Waals surface area contributed by atoms with E-state index in [9.17, 15) is 23.2 Å². The largest absolute Gasteiger partial charge is 0.373 e. The van der Waals surface area contributed by atoms with Crippen LogP contribution in [-0.4, -0.2) is 42.8 Å². The highest BCUT2D eigenvalue weighted by Gasteiger charge is 2.42. The monoisotopic (exact) mass is 415 g/mol. The summed E-state index contributed by atoms with van der Waals surface area (Å²) >= 11 is 0. The Labute approximate surface area is 173 Å². The van der Waals surface area contributed by atoms with Crippen molar-refractivity contribution in [2.75, 3.05) is 24.3 Å². The van der Waals surface area contributed by atoms with Crippen LogP contribution < -0.4 is 10.2 Å². The Morgan fingerprint density at radius 3 is 1.97 bits per heavy atom. The SMILES string of the molecule is CC(C)CC(C(=O)Nc1cc(F)c(N(C)C)c(F)c1)N1C(=O)c2ccccc2C1=O. The first-order chi connectivity index (χ1) is 14.1. The number of imide groups is 1.